The van der Waals surface area contributed by atoms with Crippen LogP contribution in [0, 0.1) is 29.6 Å². The molecular weight excluding hydrogens is 444 g/mol. The third kappa shape index (κ3) is 4.94. The largest absolute Gasteiger partial charge is 0.466 e. The van der Waals surface area contributed by atoms with Gasteiger partial charge in [0.2, 0.25) is 11.8 Å². The van der Waals surface area contributed by atoms with Crippen LogP contribution in [0.1, 0.15) is 34.1 Å². The lowest BCUT2D eigenvalue weighted by atomic mass is 9.69. The van der Waals surface area contributed by atoms with Crippen LogP contribution in [0.15, 0.2) is 36.4 Å². The molecule has 2 aliphatic rings. The second kappa shape index (κ2) is 10.7. The standard InChI is InChI=1S/C25H33ClN2O5/c1-5-15-7-12-18-21(20(15)25(32)33-6-2)24(31)28(19(13-29)14(3)4)22(18)23(30)27-17-10-8-16(26)9-11-17/h7-12,14-15,18-22,29H,5-6,13H2,1-4H3,(H,27,30)/t15-,18+,19+,20-,21-,22+/m1/s1. The van der Waals surface area contributed by atoms with Gasteiger partial charge in [-0.2, -0.15) is 0 Å². The van der Waals surface area contributed by atoms with Crippen LogP contribution in [-0.4, -0.2) is 53.1 Å². The number of halogens is 1. The molecule has 0 spiro atoms. The van der Waals surface area contributed by atoms with Gasteiger partial charge in [-0.25, -0.2) is 0 Å². The van der Waals surface area contributed by atoms with Crippen molar-refractivity contribution in [2.45, 2.75) is 46.2 Å². The third-order valence-electron chi connectivity index (χ3n) is 6.77. The molecule has 6 atom stereocenters. The number of aliphatic hydroxyl groups is 1. The average molecular weight is 477 g/mol. The van der Waals surface area contributed by atoms with Crippen molar-refractivity contribution in [1.29, 1.82) is 0 Å². The molecule has 0 aromatic heterocycles. The van der Waals surface area contributed by atoms with Crippen molar-refractivity contribution in [2.75, 3.05) is 18.5 Å². The van der Waals surface area contributed by atoms with Crippen LogP contribution in [0.3, 0.4) is 0 Å². The zero-order valence-corrected chi connectivity index (χ0v) is 20.3. The Kier molecular flexibility index (Phi) is 8.19. The smallest absolute Gasteiger partial charge is 0.310 e. The molecular formula is C25H33ClN2O5. The number of aliphatic hydroxyl groups excluding tert-OH is 1. The second-order valence-corrected chi connectivity index (χ2v) is 9.45. The molecule has 1 aliphatic heterocycles. The van der Waals surface area contributed by atoms with Crippen molar-refractivity contribution in [3.63, 3.8) is 0 Å². The van der Waals surface area contributed by atoms with E-state index in [1.807, 2.05) is 32.9 Å². The number of likely N-dealkylation sites (tertiary alicyclic amines) is 1. The lowest BCUT2D eigenvalue weighted by Gasteiger charge is -2.35. The highest BCUT2D eigenvalue weighted by Crippen LogP contribution is 2.46. The number of carbonyl (C=O) groups excluding carboxylic acids is 3. The van der Waals surface area contributed by atoms with E-state index in [2.05, 4.69) is 5.32 Å². The monoisotopic (exact) mass is 476 g/mol. The first kappa shape index (κ1) is 25.2. The Bertz CT molecular complexity index is 901. The maximum absolute atomic E-state index is 13.8. The molecule has 1 saturated heterocycles. The van der Waals surface area contributed by atoms with E-state index in [4.69, 9.17) is 16.3 Å². The van der Waals surface area contributed by atoms with Crippen LogP contribution in [0.2, 0.25) is 5.02 Å². The molecule has 2 amide bonds. The second-order valence-electron chi connectivity index (χ2n) is 9.02. The molecule has 3 rings (SSSR count). The number of ether oxygens (including phenoxy) is 1. The Balaban J connectivity index is 2.04. The summed E-state index contributed by atoms with van der Waals surface area (Å²) in [5.41, 5.74) is 0.554. The van der Waals surface area contributed by atoms with E-state index in [0.717, 1.165) is 0 Å². The SMILES string of the molecule is CCOC(=O)[C@H]1[C@@H]2C(=O)N([C@@H](CO)C(C)C)[C@H](C(=O)Nc3ccc(Cl)cc3)[C@H]2C=C[C@H]1CC. The molecule has 0 unspecified atom stereocenters. The summed E-state index contributed by atoms with van der Waals surface area (Å²) in [5.74, 6) is -3.19. The van der Waals surface area contributed by atoms with Gasteiger partial charge in [-0.1, -0.05) is 44.5 Å². The highest BCUT2D eigenvalue weighted by Gasteiger charge is 2.59. The fourth-order valence-corrected chi connectivity index (χ4v) is 5.25. The molecule has 7 nitrogen and oxygen atoms in total. The summed E-state index contributed by atoms with van der Waals surface area (Å²) in [6.45, 7) is 7.44. The molecule has 33 heavy (non-hydrogen) atoms. The number of anilines is 1. The number of esters is 1. The van der Waals surface area contributed by atoms with Gasteiger partial charge in [-0.05, 0) is 49.4 Å². The minimum Gasteiger partial charge on any atom is -0.466 e. The van der Waals surface area contributed by atoms with Gasteiger partial charge in [0, 0.05) is 16.6 Å². The maximum Gasteiger partial charge on any atom is 0.310 e. The Morgan fingerprint density at radius 1 is 1.18 bits per heavy atom. The van der Waals surface area contributed by atoms with E-state index in [1.54, 1.807) is 31.2 Å². The van der Waals surface area contributed by atoms with Crippen LogP contribution >= 0.6 is 11.6 Å². The zero-order chi connectivity index (χ0) is 24.3. The van der Waals surface area contributed by atoms with E-state index in [9.17, 15) is 19.5 Å². The summed E-state index contributed by atoms with van der Waals surface area (Å²) in [6.07, 6.45) is 4.50. The molecule has 0 bridgehead atoms. The predicted octanol–water partition coefficient (Wildman–Crippen LogP) is 3.51. The molecule has 180 valence electrons. The first-order valence-corrected chi connectivity index (χ1v) is 12.0. The molecule has 0 saturated carbocycles. The first-order chi connectivity index (χ1) is 15.7. The summed E-state index contributed by atoms with van der Waals surface area (Å²) in [6, 6.07) is 5.31. The lowest BCUT2D eigenvalue weighted by Crippen LogP contribution is -2.52. The Morgan fingerprint density at radius 2 is 1.85 bits per heavy atom. The van der Waals surface area contributed by atoms with Gasteiger partial charge < -0.3 is 20.1 Å². The summed E-state index contributed by atoms with van der Waals surface area (Å²) in [4.78, 5) is 41.8. The zero-order valence-electron chi connectivity index (χ0n) is 19.5. The highest BCUT2D eigenvalue weighted by atomic mass is 35.5. The van der Waals surface area contributed by atoms with Crippen molar-refractivity contribution < 1.29 is 24.2 Å². The van der Waals surface area contributed by atoms with Gasteiger partial charge in [0.05, 0.1) is 31.1 Å². The van der Waals surface area contributed by atoms with Crippen molar-refractivity contribution in [3.05, 3.63) is 41.4 Å². The van der Waals surface area contributed by atoms with Gasteiger partial charge in [-0.15, -0.1) is 0 Å². The van der Waals surface area contributed by atoms with E-state index in [1.165, 1.54) is 4.90 Å². The van der Waals surface area contributed by atoms with Crippen molar-refractivity contribution in [2.24, 2.45) is 29.6 Å². The molecule has 2 N–H and O–H groups in total. The number of benzene rings is 1. The summed E-state index contributed by atoms with van der Waals surface area (Å²) >= 11 is 5.96. The van der Waals surface area contributed by atoms with E-state index in [-0.39, 0.29) is 36.9 Å². The van der Waals surface area contributed by atoms with Crippen LogP contribution in [-0.2, 0) is 19.1 Å². The molecule has 0 radical (unpaired) electrons. The topological polar surface area (TPSA) is 95.9 Å². The van der Waals surface area contributed by atoms with Gasteiger partial charge >= 0.3 is 5.97 Å². The number of nitrogens with zero attached hydrogens (tertiary/aromatic N) is 1. The van der Waals surface area contributed by atoms with Gasteiger partial charge in [0.15, 0.2) is 0 Å². The average Bonchev–Trinajstić information content (AvgIpc) is 3.07. The Hall–Kier alpha value is -2.38. The first-order valence-electron chi connectivity index (χ1n) is 11.6. The molecule has 1 aromatic carbocycles. The van der Waals surface area contributed by atoms with E-state index >= 15 is 0 Å². The van der Waals surface area contributed by atoms with Crippen molar-refractivity contribution >= 4 is 35.1 Å². The fraction of sp³-hybridized carbons (Fsp3) is 0.560. The van der Waals surface area contributed by atoms with Crippen LogP contribution in [0.25, 0.3) is 0 Å². The molecule has 1 fully saturated rings. The molecule has 1 aliphatic carbocycles. The van der Waals surface area contributed by atoms with Crippen LogP contribution in [0.5, 0.6) is 0 Å². The molecule has 1 heterocycles. The van der Waals surface area contributed by atoms with Gasteiger partial charge in [-0.3, -0.25) is 14.4 Å². The number of nitrogens with one attached hydrogen (secondary N) is 1. The van der Waals surface area contributed by atoms with Gasteiger partial charge in [0.25, 0.3) is 0 Å². The quantitative estimate of drug-likeness (QED) is 0.442. The molecule has 1 aromatic rings. The normalized spacial score (nSPS) is 27.4. The number of amides is 2. The summed E-state index contributed by atoms with van der Waals surface area (Å²) in [5, 5.41) is 13.6. The third-order valence-corrected chi connectivity index (χ3v) is 7.02. The van der Waals surface area contributed by atoms with Gasteiger partial charge in [0.1, 0.15) is 6.04 Å². The summed E-state index contributed by atoms with van der Waals surface area (Å²) < 4.78 is 5.34. The summed E-state index contributed by atoms with van der Waals surface area (Å²) in [7, 11) is 0. The number of allylic oxidation sites excluding steroid dienone is 1. The Labute approximate surface area is 200 Å². The molecule has 8 heteroatoms. The van der Waals surface area contributed by atoms with Crippen LogP contribution in [0.4, 0.5) is 5.69 Å². The van der Waals surface area contributed by atoms with Crippen molar-refractivity contribution in [3.8, 4) is 0 Å². The highest BCUT2D eigenvalue weighted by molar-refractivity contribution is 6.30. The number of rotatable bonds is 8. The minimum atomic E-state index is -0.858. The fourth-order valence-electron chi connectivity index (χ4n) is 5.12. The Morgan fingerprint density at radius 3 is 2.39 bits per heavy atom. The van der Waals surface area contributed by atoms with E-state index < -0.39 is 35.8 Å². The van der Waals surface area contributed by atoms with Crippen LogP contribution < -0.4 is 5.32 Å². The number of fused-ring (bicyclic) bond motifs is 1. The number of carbonyl (C=O) groups is 3. The number of hydrogen-bond donors (Lipinski definition) is 2. The van der Waals surface area contributed by atoms with E-state index in [0.29, 0.717) is 17.1 Å². The van der Waals surface area contributed by atoms with Crippen molar-refractivity contribution in [1.82, 2.24) is 4.90 Å². The number of hydrogen-bond acceptors (Lipinski definition) is 5. The maximum atomic E-state index is 13.8. The minimum absolute atomic E-state index is 0.0862. The lowest BCUT2D eigenvalue weighted by molar-refractivity contribution is -0.156. The predicted molar refractivity (Wildman–Crippen MR) is 126 cm³/mol.